The molecule has 9 rings (SSSR count). The zero-order valence-corrected chi connectivity index (χ0v) is 36.9. The number of para-hydroxylation sites is 2. The van der Waals surface area contributed by atoms with E-state index in [2.05, 4.69) is 147 Å². The molecule has 9 aromatic rings. The molecule has 0 aliphatic heterocycles. The van der Waals surface area contributed by atoms with E-state index in [1.807, 2.05) is 54.6 Å². The molecule has 0 N–H and O–H groups in total. The molecule has 0 fully saturated rings. The van der Waals surface area contributed by atoms with Crippen LogP contribution in [0.4, 0.5) is 0 Å². The van der Waals surface area contributed by atoms with Gasteiger partial charge in [0.05, 0.1) is 30.5 Å². The molecular weight excluding hydrogens is 893 g/mol. The van der Waals surface area contributed by atoms with E-state index in [1.165, 1.54) is 33.0 Å². The summed E-state index contributed by atoms with van der Waals surface area (Å²) in [5.41, 5.74) is 13.7. The Hall–Kier alpha value is -5.46. The SMILES string of the molecule is CC(C)Cc1cc(-c2[c-]cccc2)ncc1[Si](C)(C)C.Cc1cc(-c2ccccc2)cc(C)c1-n1c(-c2[c-]ccc3c2oc2ncccc23)nc2ccccc21.[Ir]. The van der Waals surface area contributed by atoms with E-state index >= 15 is 0 Å². The summed E-state index contributed by atoms with van der Waals surface area (Å²) in [6, 6.07) is 48.3. The fourth-order valence-corrected chi connectivity index (χ4v) is 9.34. The van der Waals surface area contributed by atoms with Crippen molar-refractivity contribution in [2.24, 2.45) is 5.92 Å². The van der Waals surface area contributed by atoms with Crippen LogP contribution in [0.2, 0.25) is 19.6 Å². The molecule has 0 saturated heterocycles. The molecule has 5 aromatic carbocycles. The molecule has 4 aromatic heterocycles. The van der Waals surface area contributed by atoms with Crippen LogP contribution >= 0.6 is 0 Å². The maximum Gasteiger partial charge on any atom is 0.216 e. The van der Waals surface area contributed by atoms with Gasteiger partial charge in [0.2, 0.25) is 5.71 Å². The van der Waals surface area contributed by atoms with Gasteiger partial charge in [-0.1, -0.05) is 98.5 Å². The Morgan fingerprint density at radius 2 is 1.47 bits per heavy atom. The number of pyridine rings is 2. The molecule has 0 amide bonds. The van der Waals surface area contributed by atoms with Crippen LogP contribution in [0.5, 0.6) is 0 Å². The summed E-state index contributed by atoms with van der Waals surface area (Å²) in [4.78, 5) is 14.2. The van der Waals surface area contributed by atoms with E-state index in [0.29, 0.717) is 11.6 Å². The monoisotopic (exact) mass is 939 g/mol. The average molecular weight is 939 g/mol. The van der Waals surface area contributed by atoms with Crippen LogP contribution in [0.3, 0.4) is 0 Å². The van der Waals surface area contributed by atoms with E-state index in [4.69, 9.17) is 9.40 Å². The number of imidazole rings is 1. The van der Waals surface area contributed by atoms with Gasteiger partial charge in [-0.2, -0.15) is 0 Å². The van der Waals surface area contributed by atoms with Crippen LogP contribution in [-0.2, 0) is 26.5 Å². The maximum atomic E-state index is 6.27. The molecule has 0 saturated carbocycles. The van der Waals surface area contributed by atoms with Gasteiger partial charge in [0.1, 0.15) is 0 Å². The second kappa shape index (κ2) is 16.6. The third-order valence-corrected chi connectivity index (χ3v) is 12.3. The van der Waals surface area contributed by atoms with Gasteiger partial charge in [-0.3, -0.25) is 4.98 Å². The first-order valence-electron chi connectivity index (χ1n) is 19.4. The first kappa shape index (κ1) is 39.8. The Balaban J connectivity index is 0.000000202. The van der Waals surface area contributed by atoms with Gasteiger partial charge in [-0.15, -0.1) is 54.1 Å². The molecule has 1 radical (unpaired) electrons. The normalized spacial score (nSPS) is 11.5. The van der Waals surface area contributed by atoms with Crippen molar-refractivity contribution in [3.8, 4) is 39.5 Å². The van der Waals surface area contributed by atoms with Crippen LogP contribution in [0.15, 0.2) is 138 Å². The first-order chi connectivity index (χ1) is 27.1. The second-order valence-electron chi connectivity index (χ2n) is 16.0. The molecule has 5 nitrogen and oxygen atoms in total. The predicted molar refractivity (Wildman–Crippen MR) is 235 cm³/mol. The van der Waals surface area contributed by atoms with E-state index in [1.54, 1.807) is 6.20 Å². The minimum Gasteiger partial charge on any atom is -0.486 e. The van der Waals surface area contributed by atoms with Crippen LogP contribution in [0.1, 0.15) is 30.5 Å². The minimum absolute atomic E-state index is 0. The number of nitrogens with zero attached hydrogens (tertiary/aromatic N) is 4. The summed E-state index contributed by atoms with van der Waals surface area (Å²) >= 11 is 0. The Kier molecular flexibility index (Phi) is 11.6. The van der Waals surface area contributed by atoms with E-state index in [0.717, 1.165) is 62.1 Å². The number of furan rings is 1. The summed E-state index contributed by atoms with van der Waals surface area (Å²) in [5, 5.41) is 3.49. The first-order valence-corrected chi connectivity index (χ1v) is 22.9. The Morgan fingerprint density at radius 1 is 0.737 bits per heavy atom. The van der Waals surface area contributed by atoms with Gasteiger partial charge in [-0.05, 0) is 95.7 Å². The van der Waals surface area contributed by atoms with Crippen LogP contribution in [0, 0.1) is 31.9 Å². The maximum absolute atomic E-state index is 6.27. The fraction of sp³-hybridized carbons (Fsp3) is 0.180. The number of hydrogen-bond donors (Lipinski definition) is 0. The molecule has 287 valence electrons. The molecule has 7 heteroatoms. The molecular formula is C50H46IrN4OSi-2. The Bertz CT molecular complexity index is 2800. The molecule has 0 aliphatic rings. The predicted octanol–water partition coefficient (Wildman–Crippen LogP) is 12.4. The van der Waals surface area contributed by atoms with Crippen LogP contribution in [-0.4, -0.2) is 27.6 Å². The molecule has 57 heavy (non-hydrogen) atoms. The molecule has 0 unspecified atom stereocenters. The number of rotatable bonds is 7. The van der Waals surface area contributed by atoms with E-state index < -0.39 is 8.07 Å². The largest absolute Gasteiger partial charge is 0.486 e. The average Bonchev–Trinajstić information content (AvgIpc) is 3.77. The van der Waals surface area contributed by atoms with Crippen molar-refractivity contribution in [3.05, 3.63) is 163 Å². The number of hydrogen-bond acceptors (Lipinski definition) is 4. The van der Waals surface area contributed by atoms with Gasteiger partial charge in [0, 0.05) is 43.6 Å². The Morgan fingerprint density at radius 3 is 2.19 bits per heavy atom. The fourth-order valence-electron chi connectivity index (χ4n) is 7.75. The van der Waals surface area contributed by atoms with Crippen molar-refractivity contribution >= 4 is 46.4 Å². The minimum atomic E-state index is -1.34. The Labute approximate surface area is 350 Å². The molecule has 4 heterocycles. The number of aryl methyl sites for hydroxylation is 2. The van der Waals surface area contributed by atoms with Crippen molar-refractivity contribution in [1.82, 2.24) is 19.5 Å². The summed E-state index contributed by atoms with van der Waals surface area (Å²) in [6.45, 7) is 16.1. The van der Waals surface area contributed by atoms with Gasteiger partial charge in [0.25, 0.3) is 0 Å². The van der Waals surface area contributed by atoms with E-state index in [-0.39, 0.29) is 20.1 Å². The third kappa shape index (κ3) is 8.06. The van der Waals surface area contributed by atoms with Crippen molar-refractivity contribution in [3.63, 3.8) is 0 Å². The smallest absolute Gasteiger partial charge is 0.216 e. The van der Waals surface area contributed by atoms with Gasteiger partial charge in [0.15, 0.2) is 0 Å². The van der Waals surface area contributed by atoms with Gasteiger partial charge in [-0.25, -0.2) is 4.98 Å². The van der Waals surface area contributed by atoms with Crippen molar-refractivity contribution in [1.29, 1.82) is 0 Å². The number of benzene rings is 5. The van der Waals surface area contributed by atoms with Gasteiger partial charge < -0.3 is 14.0 Å². The molecule has 0 bridgehead atoms. The quantitative estimate of drug-likeness (QED) is 0.118. The summed E-state index contributed by atoms with van der Waals surface area (Å²) in [5.74, 6) is 1.47. The molecule has 0 aliphatic carbocycles. The third-order valence-electron chi connectivity index (χ3n) is 10.2. The standard InChI is InChI=1S/C32H22N3O.C18H24NSi.Ir/c1-20-18-23(22-10-4-3-5-11-22)19-21(2)29(20)35-28-16-7-6-15-27(28)34-31(35)26-13-8-12-24-25-14-9-17-33-32(25)36-30(24)26;1-14(2)11-16-12-17(15-9-7-6-8-10-15)19-13-18(16)20(3,4)5;/h3-12,14-19H,1-2H3;6-9,12-14H,11H2,1-5H3;/q2*-1;. The van der Waals surface area contributed by atoms with Crippen LogP contribution < -0.4 is 5.19 Å². The van der Waals surface area contributed by atoms with Crippen molar-refractivity contribution < 1.29 is 24.5 Å². The molecule has 0 spiro atoms. The number of aromatic nitrogens is 4. The summed E-state index contributed by atoms with van der Waals surface area (Å²) in [6.07, 6.45) is 4.99. The topological polar surface area (TPSA) is 56.7 Å². The second-order valence-corrected chi connectivity index (χ2v) is 21.0. The van der Waals surface area contributed by atoms with Gasteiger partial charge >= 0.3 is 0 Å². The summed E-state index contributed by atoms with van der Waals surface area (Å²) in [7, 11) is -1.34. The summed E-state index contributed by atoms with van der Waals surface area (Å²) < 4.78 is 8.52. The van der Waals surface area contributed by atoms with E-state index in [9.17, 15) is 0 Å². The van der Waals surface area contributed by atoms with Crippen molar-refractivity contribution in [2.45, 2.75) is 53.8 Å². The van der Waals surface area contributed by atoms with Crippen LogP contribution in [0.25, 0.3) is 72.6 Å². The van der Waals surface area contributed by atoms with Crippen molar-refractivity contribution in [2.75, 3.05) is 0 Å². The number of fused-ring (bicyclic) bond motifs is 4. The zero-order chi connectivity index (χ0) is 39.0. The molecule has 0 atom stereocenters. The zero-order valence-electron chi connectivity index (χ0n) is 33.5.